The minimum atomic E-state index is -0.00146. The molecule has 0 aromatic carbocycles. The second-order valence-electron chi connectivity index (χ2n) is 5.86. The normalized spacial score (nSPS) is 20.5. The van der Waals surface area contributed by atoms with Crippen molar-refractivity contribution in [2.75, 3.05) is 13.2 Å². The van der Waals surface area contributed by atoms with E-state index in [1.54, 1.807) is 6.26 Å². The van der Waals surface area contributed by atoms with E-state index in [1.165, 1.54) is 44.1 Å². The maximum absolute atomic E-state index is 6.32. The van der Waals surface area contributed by atoms with E-state index in [4.69, 9.17) is 9.15 Å². The Morgan fingerprint density at radius 3 is 2.55 bits per heavy atom. The molecular formula is C17H29NO2. The summed E-state index contributed by atoms with van der Waals surface area (Å²) in [4.78, 5) is 0. The molecule has 20 heavy (non-hydrogen) atoms. The lowest BCUT2D eigenvalue weighted by molar-refractivity contribution is -0.0764. The van der Waals surface area contributed by atoms with Crippen molar-refractivity contribution in [1.82, 2.24) is 5.32 Å². The van der Waals surface area contributed by atoms with E-state index in [1.807, 2.05) is 6.26 Å². The highest BCUT2D eigenvalue weighted by Gasteiger charge is 2.39. The van der Waals surface area contributed by atoms with Gasteiger partial charge in [-0.1, -0.05) is 32.6 Å². The van der Waals surface area contributed by atoms with Crippen molar-refractivity contribution in [1.29, 1.82) is 0 Å². The van der Waals surface area contributed by atoms with Crippen LogP contribution in [0.25, 0.3) is 0 Å². The molecule has 0 spiro atoms. The van der Waals surface area contributed by atoms with Crippen molar-refractivity contribution in [2.45, 2.75) is 70.4 Å². The topological polar surface area (TPSA) is 34.4 Å². The first-order valence-electron chi connectivity index (χ1n) is 8.19. The maximum Gasteiger partial charge on any atom is 0.0935 e. The summed E-state index contributed by atoms with van der Waals surface area (Å²) in [5.41, 5.74) is 1.26. The van der Waals surface area contributed by atoms with Gasteiger partial charge in [-0.15, -0.1) is 0 Å². The summed E-state index contributed by atoms with van der Waals surface area (Å²) in [6, 6.07) is 2.45. The van der Waals surface area contributed by atoms with Crippen LogP contribution in [-0.2, 0) is 11.2 Å². The predicted molar refractivity (Wildman–Crippen MR) is 81.9 cm³/mol. The van der Waals surface area contributed by atoms with Crippen LogP contribution in [-0.4, -0.2) is 24.8 Å². The Morgan fingerprint density at radius 2 is 2.00 bits per heavy atom. The van der Waals surface area contributed by atoms with Gasteiger partial charge >= 0.3 is 0 Å². The third-order valence-corrected chi connectivity index (χ3v) is 4.49. The Hall–Kier alpha value is -0.800. The van der Waals surface area contributed by atoms with Gasteiger partial charge in [-0.3, -0.25) is 0 Å². The molecule has 1 unspecified atom stereocenters. The summed E-state index contributed by atoms with van der Waals surface area (Å²) in [5.74, 6) is 0. The van der Waals surface area contributed by atoms with Gasteiger partial charge in [0.25, 0.3) is 0 Å². The van der Waals surface area contributed by atoms with Crippen LogP contribution in [0.2, 0.25) is 0 Å². The Balaban J connectivity index is 2.16. The Bertz CT molecular complexity index is 353. The lowest BCUT2D eigenvalue weighted by Gasteiger charge is -2.40. The summed E-state index contributed by atoms with van der Waals surface area (Å²) >= 11 is 0. The van der Waals surface area contributed by atoms with Gasteiger partial charge < -0.3 is 14.5 Å². The van der Waals surface area contributed by atoms with Gasteiger partial charge in [0, 0.05) is 12.6 Å². The molecule has 1 aliphatic carbocycles. The molecule has 1 aromatic heterocycles. The number of hydrogen-bond acceptors (Lipinski definition) is 3. The molecule has 2 rings (SSSR count). The van der Waals surface area contributed by atoms with Crippen molar-refractivity contribution in [3.8, 4) is 0 Å². The van der Waals surface area contributed by atoms with Crippen LogP contribution >= 0.6 is 0 Å². The molecule has 3 nitrogen and oxygen atoms in total. The highest BCUT2D eigenvalue weighted by Crippen LogP contribution is 2.35. The van der Waals surface area contributed by atoms with Crippen LogP contribution in [0.4, 0.5) is 0 Å². The second-order valence-corrected chi connectivity index (χ2v) is 5.86. The van der Waals surface area contributed by atoms with Gasteiger partial charge in [-0.2, -0.15) is 0 Å². The lowest BCUT2D eigenvalue weighted by Crippen LogP contribution is -2.53. The molecule has 0 radical (unpaired) electrons. The molecule has 0 aliphatic heterocycles. The van der Waals surface area contributed by atoms with E-state index < -0.39 is 0 Å². The first-order valence-corrected chi connectivity index (χ1v) is 8.19. The first-order chi connectivity index (χ1) is 9.80. The summed E-state index contributed by atoms with van der Waals surface area (Å²) in [7, 11) is 0. The van der Waals surface area contributed by atoms with E-state index in [2.05, 4.69) is 25.2 Å². The summed E-state index contributed by atoms with van der Waals surface area (Å²) < 4.78 is 11.6. The number of hydrogen-bond donors (Lipinski definition) is 1. The number of ether oxygens (including phenoxy) is 1. The Labute approximate surface area is 123 Å². The minimum absolute atomic E-state index is 0.00146. The molecule has 0 amide bonds. The molecular weight excluding hydrogens is 250 g/mol. The summed E-state index contributed by atoms with van der Waals surface area (Å²) in [6.07, 6.45) is 12.2. The average Bonchev–Trinajstić information content (AvgIpc) is 2.84. The number of furan rings is 1. The van der Waals surface area contributed by atoms with Crippen LogP contribution < -0.4 is 5.32 Å². The third-order valence-electron chi connectivity index (χ3n) is 4.49. The number of nitrogens with one attached hydrogen (secondary N) is 1. The smallest absolute Gasteiger partial charge is 0.0935 e. The molecule has 3 heteroatoms. The fraction of sp³-hybridized carbons (Fsp3) is 0.765. The SMILES string of the molecule is CCNC(Cc1ccoc1)C1(OCC)CCCCCC1. The van der Waals surface area contributed by atoms with Gasteiger partial charge in [-0.25, -0.2) is 0 Å². The maximum atomic E-state index is 6.32. The largest absolute Gasteiger partial charge is 0.472 e. The molecule has 1 fully saturated rings. The van der Waals surface area contributed by atoms with Crippen LogP contribution in [0, 0.1) is 0 Å². The van der Waals surface area contributed by atoms with E-state index in [9.17, 15) is 0 Å². The highest BCUT2D eigenvalue weighted by molar-refractivity contribution is 5.11. The fourth-order valence-corrected chi connectivity index (χ4v) is 3.54. The van der Waals surface area contributed by atoms with Crippen molar-refractivity contribution in [3.05, 3.63) is 24.2 Å². The first kappa shape index (κ1) is 15.6. The quantitative estimate of drug-likeness (QED) is 0.768. The standard InChI is InChI=1S/C17H29NO2/c1-3-18-16(13-15-9-12-19-14-15)17(20-4-2)10-7-5-6-8-11-17/h9,12,14,16,18H,3-8,10-11,13H2,1-2H3. The third kappa shape index (κ3) is 3.86. The zero-order valence-corrected chi connectivity index (χ0v) is 13.0. The molecule has 114 valence electrons. The average molecular weight is 279 g/mol. The van der Waals surface area contributed by atoms with E-state index in [0.717, 1.165) is 19.6 Å². The van der Waals surface area contributed by atoms with E-state index >= 15 is 0 Å². The van der Waals surface area contributed by atoms with Crippen LogP contribution in [0.1, 0.15) is 57.9 Å². The minimum Gasteiger partial charge on any atom is -0.472 e. The zero-order chi connectivity index (χ0) is 14.3. The van der Waals surface area contributed by atoms with E-state index in [-0.39, 0.29) is 5.60 Å². The van der Waals surface area contributed by atoms with E-state index in [0.29, 0.717) is 6.04 Å². The second kappa shape index (κ2) is 7.84. The monoisotopic (exact) mass is 279 g/mol. The van der Waals surface area contributed by atoms with Crippen LogP contribution in [0.15, 0.2) is 23.0 Å². The van der Waals surface area contributed by atoms with Gasteiger partial charge in [0.1, 0.15) is 0 Å². The fourth-order valence-electron chi connectivity index (χ4n) is 3.54. The van der Waals surface area contributed by atoms with Gasteiger partial charge in [-0.05, 0) is 44.4 Å². The summed E-state index contributed by atoms with van der Waals surface area (Å²) in [5, 5.41) is 3.68. The number of likely N-dealkylation sites (N-methyl/N-ethyl adjacent to an activating group) is 1. The predicted octanol–water partition coefficient (Wildman–Crippen LogP) is 3.93. The van der Waals surface area contributed by atoms with Crippen LogP contribution in [0.5, 0.6) is 0 Å². The zero-order valence-electron chi connectivity index (χ0n) is 13.0. The van der Waals surface area contributed by atoms with Crippen molar-refractivity contribution in [3.63, 3.8) is 0 Å². The molecule has 0 bridgehead atoms. The molecule has 1 aromatic rings. The molecule has 1 aliphatic rings. The Kier molecular flexibility index (Phi) is 6.11. The molecule has 0 saturated heterocycles. The van der Waals surface area contributed by atoms with Crippen LogP contribution in [0.3, 0.4) is 0 Å². The Morgan fingerprint density at radius 1 is 1.25 bits per heavy atom. The number of rotatable bonds is 7. The van der Waals surface area contributed by atoms with Crippen molar-refractivity contribution < 1.29 is 9.15 Å². The highest BCUT2D eigenvalue weighted by atomic mass is 16.5. The molecule has 1 heterocycles. The van der Waals surface area contributed by atoms with Gasteiger partial charge in [0.2, 0.25) is 0 Å². The van der Waals surface area contributed by atoms with Gasteiger partial charge in [0.15, 0.2) is 0 Å². The van der Waals surface area contributed by atoms with Crippen molar-refractivity contribution in [2.24, 2.45) is 0 Å². The molecule has 1 atom stereocenters. The lowest BCUT2D eigenvalue weighted by atomic mass is 9.83. The molecule has 1 saturated carbocycles. The molecule has 1 N–H and O–H groups in total. The van der Waals surface area contributed by atoms with Crippen molar-refractivity contribution >= 4 is 0 Å². The van der Waals surface area contributed by atoms with Gasteiger partial charge in [0.05, 0.1) is 18.1 Å². The summed E-state index contributed by atoms with van der Waals surface area (Å²) in [6.45, 7) is 6.08.